The van der Waals surface area contributed by atoms with Crippen LogP contribution in [0.1, 0.15) is 49.7 Å². The maximum Gasteiger partial charge on any atom is 0.410 e. The van der Waals surface area contributed by atoms with Crippen LogP contribution in [-0.2, 0) is 29.1 Å². The zero-order valence-electron chi connectivity index (χ0n) is 19.6. The van der Waals surface area contributed by atoms with Crippen molar-refractivity contribution in [2.75, 3.05) is 24.5 Å². The summed E-state index contributed by atoms with van der Waals surface area (Å²) in [7, 11) is 0. The topological polar surface area (TPSA) is 66.0 Å². The van der Waals surface area contributed by atoms with Crippen LogP contribution in [0, 0.1) is 5.41 Å². The maximum absolute atomic E-state index is 12.7. The normalized spacial score (nSPS) is 22.3. The van der Waals surface area contributed by atoms with E-state index in [1.54, 1.807) is 11.3 Å². The first-order valence-corrected chi connectivity index (χ1v) is 12.6. The van der Waals surface area contributed by atoms with Gasteiger partial charge < -0.3 is 19.4 Å². The molecule has 8 heteroatoms. The first kappa shape index (κ1) is 22.2. The van der Waals surface area contributed by atoms with Crippen molar-refractivity contribution in [3.8, 4) is 0 Å². The number of benzene rings is 1. The molecular formula is C25H32N4O3S. The molecule has 176 valence electrons. The average Bonchev–Trinajstić information content (AvgIpc) is 3.33. The van der Waals surface area contributed by atoms with E-state index in [9.17, 15) is 9.59 Å². The van der Waals surface area contributed by atoms with E-state index in [0.717, 1.165) is 42.2 Å². The molecule has 33 heavy (non-hydrogen) atoms. The van der Waals surface area contributed by atoms with E-state index in [4.69, 9.17) is 9.72 Å². The monoisotopic (exact) mass is 468 g/mol. The predicted molar refractivity (Wildman–Crippen MR) is 128 cm³/mol. The summed E-state index contributed by atoms with van der Waals surface area (Å²) in [5, 5.41) is 1.05. The van der Waals surface area contributed by atoms with Crippen LogP contribution >= 0.6 is 11.3 Å². The van der Waals surface area contributed by atoms with Crippen molar-refractivity contribution in [1.82, 2.24) is 14.8 Å². The molecule has 0 spiro atoms. The molecule has 2 saturated heterocycles. The van der Waals surface area contributed by atoms with E-state index in [1.807, 2.05) is 60.9 Å². The molecule has 2 bridgehead atoms. The molecule has 0 radical (unpaired) electrons. The third kappa shape index (κ3) is 4.45. The molecule has 7 nitrogen and oxygen atoms in total. The average molecular weight is 469 g/mol. The van der Waals surface area contributed by atoms with Gasteiger partial charge in [0, 0.05) is 48.4 Å². The summed E-state index contributed by atoms with van der Waals surface area (Å²) in [6.45, 7) is 8.97. The number of amides is 2. The SMILES string of the molecule is CC(C)(C)C(=O)N1CCc2nc(N3C4CCC3CN(C(=O)OCc3ccccc3)C4)sc2C1. The summed E-state index contributed by atoms with van der Waals surface area (Å²) in [5.41, 5.74) is 1.77. The van der Waals surface area contributed by atoms with Crippen molar-refractivity contribution in [3.05, 3.63) is 46.5 Å². The van der Waals surface area contributed by atoms with Crippen molar-refractivity contribution < 1.29 is 14.3 Å². The van der Waals surface area contributed by atoms with E-state index in [1.165, 1.54) is 4.88 Å². The van der Waals surface area contributed by atoms with Gasteiger partial charge in [0.15, 0.2) is 5.13 Å². The van der Waals surface area contributed by atoms with Crippen molar-refractivity contribution >= 4 is 28.5 Å². The summed E-state index contributed by atoms with van der Waals surface area (Å²) in [4.78, 5) is 37.9. The molecule has 2 unspecified atom stereocenters. The van der Waals surface area contributed by atoms with E-state index >= 15 is 0 Å². The minimum Gasteiger partial charge on any atom is -0.445 e. The highest BCUT2D eigenvalue weighted by Crippen LogP contribution is 2.40. The van der Waals surface area contributed by atoms with Crippen LogP contribution in [0.4, 0.5) is 9.93 Å². The summed E-state index contributed by atoms with van der Waals surface area (Å²) in [6.07, 6.45) is 2.71. The predicted octanol–water partition coefficient (Wildman–Crippen LogP) is 4.06. The number of carbonyl (C=O) groups is 2. The lowest BCUT2D eigenvalue weighted by Gasteiger charge is -2.40. The van der Waals surface area contributed by atoms with Gasteiger partial charge in [0.2, 0.25) is 5.91 Å². The van der Waals surface area contributed by atoms with Crippen LogP contribution in [0.3, 0.4) is 0 Å². The lowest BCUT2D eigenvalue weighted by molar-refractivity contribution is -0.140. The molecule has 3 aliphatic heterocycles. The summed E-state index contributed by atoms with van der Waals surface area (Å²) < 4.78 is 5.58. The molecule has 0 N–H and O–H groups in total. The molecule has 1 aromatic carbocycles. The highest BCUT2D eigenvalue weighted by Gasteiger charge is 2.43. The molecule has 2 amide bonds. The van der Waals surface area contributed by atoms with Crippen LogP contribution in [0.5, 0.6) is 0 Å². The Morgan fingerprint density at radius 2 is 1.79 bits per heavy atom. The van der Waals surface area contributed by atoms with E-state index < -0.39 is 0 Å². The lowest BCUT2D eigenvalue weighted by atomic mass is 9.94. The molecule has 4 heterocycles. The van der Waals surface area contributed by atoms with E-state index in [-0.39, 0.29) is 29.5 Å². The molecule has 5 rings (SSSR count). The molecule has 3 aliphatic rings. The summed E-state index contributed by atoms with van der Waals surface area (Å²) in [6, 6.07) is 10.3. The fourth-order valence-corrected chi connectivity index (χ4v) is 6.38. The minimum atomic E-state index is -0.365. The fourth-order valence-electron chi connectivity index (χ4n) is 5.11. The number of thiazole rings is 1. The number of nitrogens with zero attached hydrogens (tertiary/aromatic N) is 4. The second-order valence-corrected chi connectivity index (χ2v) is 11.4. The van der Waals surface area contributed by atoms with Crippen LogP contribution in [-0.4, -0.2) is 58.5 Å². The highest BCUT2D eigenvalue weighted by atomic mass is 32.1. The second kappa shape index (κ2) is 8.63. The van der Waals surface area contributed by atoms with Crippen LogP contribution < -0.4 is 4.90 Å². The smallest absolute Gasteiger partial charge is 0.410 e. The lowest BCUT2D eigenvalue weighted by Crippen LogP contribution is -2.55. The van der Waals surface area contributed by atoms with Gasteiger partial charge in [-0.05, 0) is 18.4 Å². The van der Waals surface area contributed by atoms with Gasteiger partial charge in [0.25, 0.3) is 0 Å². The Morgan fingerprint density at radius 3 is 2.45 bits per heavy atom. The first-order chi connectivity index (χ1) is 15.8. The first-order valence-electron chi connectivity index (χ1n) is 11.8. The van der Waals surface area contributed by atoms with Gasteiger partial charge in [-0.2, -0.15) is 0 Å². The Kier molecular flexibility index (Phi) is 5.80. The van der Waals surface area contributed by atoms with Gasteiger partial charge in [0.1, 0.15) is 6.61 Å². The highest BCUT2D eigenvalue weighted by molar-refractivity contribution is 7.15. The Labute approximate surface area is 199 Å². The zero-order valence-corrected chi connectivity index (χ0v) is 20.4. The largest absolute Gasteiger partial charge is 0.445 e. The Balaban J connectivity index is 1.23. The van der Waals surface area contributed by atoms with Gasteiger partial charge in [-0.1, -0.05) is 62.4 Å². The number of aromatic nitrogens is 1. The molecule has 0 saturated carbocycles. The number of carbonyl (C=O) groups excluding carboxylic acids is 2. The van der Waals surface area contributed by atoms with Crippen molar-refractivity contribution in [1.29, 1.82) is 0 Å². The van der Waals surface area contributed by atoms with Gasteiger partial charge >= 0.3 is 6.09 Å². The number of fused-ring (bicyclic) bond motifs is 3. The molecule has 2 fully saturated rings. The quantitative estimate of drug-likeness (QED) is 0.680. The van der Waals surface area contributed by atoms with Crippen molar-refractivity contribution in [2.24, 2.45) is 5.41 Å². The molecule has 0 aliphatic carbocycles. The number of rotatable bonds is 3. The van der Waals surface area contributed by atoms with Crippen molar-refractivity contribution in [3.63, 3.8) is 0 Å². The van der Waals surface area contributed by atoms with Gasteiger partial charge in [0.05, 0.1) is 12.2 Å². The zero-order chi connectivity index (χ0) is 23.2. The van der Waals surface area contributed by atoms with Crippen molar-refractivity contribution in [2.45, 2.75) is 65.3 Å². The Bertz CT molecular complexity index is 1020. The van der Waals surface area contributed by atoms with Crippen LogP contribution in [0.2, 0.25) is 0 Å². The standard InChI is InChI=1S/C25H32N4O3S/c1-25(2,3)22(30)27-12-11-20-21(15-27)33-23(26-20)29-18-9-10-19(29)14-28(13-18)24(31)32-16-17-7-5-4-6-8-17/h4-8,18-19H,9-16H2,1-3H3. The molecular weight excluding hydrogens is 436 g/mol. The number of hydrogen-bond acceptors (Lipinski definition) is 6. The van der Waals surface area contributed by atoms with Gasteiger partial charge in [-0.25, -0.2) is 9.78 Å². The van der Waals surface area contributed by atoms with Gasteiger partial charge in [-0.3, -0.25) is 4.79 Å². The van der Waals surface area contributed by atoms with Crippen LogP contribution in [0.15, 0.2) is 30.3 Å². The third-order valence-corrected chi connectivity index (χ3v) is 7.91. The maximum atomic E-state index is 12.7. The number of hydrogen-bond donors (Lipinski definition) is 0. The molecule has 2 atom stereocenters. The fraction of sp³-hybridized carbons (Fsp3) is 0.560. The Morgan fingerprint density at radius 1 is 1.09 bits per heavy atom. The third-order valence-electron chi connectivity index (χ3n) is 6.82. The van der Waals surface area contributed by atoms with Crippen LogP contribution in [0.25, 0.3) is 0 Å². The molecule has 2 aromatic rings. The summed E-state index contributed by atoms with van der Waals surface area (Å²) >= 11 is 1.72. The number of likely N-dealkylation sites (tertiary alicyclic amines) is 1. The van der Waals surface area contributed by atoms with E-state index in [2.05, 4.69) is 4.90 Å². The number of ether oxygens (including phenoxy) is 1. The number of anilines is 1. The Hall–Kier alpha value is -2.61. The van der Waals surface area contributed by atoms with Gasteiger partial charge in [-0.15, -0.1) is 0 Å². The minimum absolute atomic E-state index is 0.200. The number of piperazine rings is 1. The summed E-state index contributed by atoms with van der Waals surface area (Å²) in [5.74, 6) is 0.200. The second-order valence-electron chi connectivity index (χ2n) is 10.3. The molecule has 1 aromatic heterocycles. The van der Waals surface area contributed by atoms with E-state index in [0.29, 0.717) is 26.2 Å².